The van der Waals surface area contributed by atoms with Crippen LogP contribution in [0.3, 0.4) is 0 Å². The van der Waals surface area contributed by atoms with Crippen molar-refractivity contribution in [3.8, 4) is 5.75 Å². The van der Waals surface area contributed by atoms with E-state index < -0.39 is 0 Å². The molecule has 1 N–H and O–H groups in total. The van der Waals surface area contributed by atoms with E-state index in [1.807, 2.05) is 24.3 Å². The second-order valence-electron chi connectivity index (χ2n) is 6.61. The molecule has 0 spiro atoms. The third-order valence-electron chi connectivity index (χ3n) is 4.68. The lowest BCUT2D eigenvalue weighted by atomic mass is 10.2. The minimum Gasteiger partial charge on any atom is -0.497 e. The number of carbonyl (C=O) groups is 1. The van der Waals surface area contributed by atoms with E-state index in [-0.39, 0.29) is 5.91 Å². The first-order valence-electron chi connectivity index (χ1n) is 9.59. The van der Waals surface area contributed by atoms with Crippen LogP contribution in [0, 0.1) is 0 Å². The number of carbonyl (C=O) groups excluding carboxylic acids is 1. The van der Waals surface area contributed by atoms with Crippen LogP contribution in [0.25, 0.3) is 11.0 Å². The number of aryl methyl sites for hydroxylation is 1. The lowest BCUT2D eigenvalue weighted by Crippen LogP contribution is -2.26. The van der Waals surface area contributed by atoms with Gasteiger partial charge < -0.3 is 14.6 Å². The van der Waals surface area contributed by atoms with Gasteiger partial charge in [0, 0.05) is 25.1 Å². The molecule has 3 aromatic rings. The molecular weight excluding hydrogens is 338 g/mol. The Morgan fingerprint density at radius 1 is 1.15 bits per heavy atom. The van der Waals surface area contributed by atoms with E-state index in [0.29, 0.717) is 24.3 Å². The Labute approximate surface area is 160 Å². The Morgan fingerprint density at radius 3 is 2.81 bits per heavy atom. The third-order valence-corrected chi connectivity index (χ3v) is 4.68. The molecule has 27 heavy (non-hydrogen) atoms. The standard InChI is InChI=1S/C22H27N3O2/c1-3-4-7-15-25-20-12-6-5-11-19(20)24-21(25)13-14-23-22(26)17-9-8-10-18(16-17)27-2/h5-6,8-12,16H,3-4,7,13-15H2,1-2H3,(H,23,26). The summed E-state index contributed by atoms with van der Waals surface area (Å²) in [6.45, 7) is 3.72. The topological polar surface area (TPSA) is 56.2 Å². The first-order valence-corrected chi connectivity index (χ1v) is 9.59. The highest BCUT2D eigenvalue weighted by Crippen LogP contribution is 2.18. The number of unbranched alkanes of at least 4 members (excludes halogenated alkanes) is 2. The summed E-state index contributed by atoms with van der Waals surface area (Å²) in [7, 11) is 1.60. The molecular formula is C22H27N3O2. The van der Waals surface area contributed by atoms with Crippen LogP contribution in [0.1, 0.15) is 42.4 Å². The summed E-state index contributed by atoms with van der Waals surface area (Å²) >= 11 is 0. The summed E-state index contributed by atoms with van der Waals surface area (Å²) in [4.78, 5) is 17.2. The second kappa shape index (κ2) is 9.21. The maximum absolute atomic E-state index is 12.4. The molecule has 1 amide bonds. The zero-order valence-electron chi connectivity index (χ0n) is 16.1. The van der Waals surface area contributed by atoms with Gasteiger partial charge in [0.25, 0.3) is 5.91 Å². The van der Waals surface area contributed by atoms with E-state index in [9.17, 15) is 4.79 Å². The molecule has 0 aliphatic heterocycles. The van der Waals surface area contributed by atoms with Crippen LogP contribution in [0.4, 0.5) is 0 Å². The van der Waals surface area contributed by atoms with E-state index in [4.69, 9.17) is 9.72 Å². The highest BCUT2D eigenvalue weighted by Gasteiger charge is 2.11. The van der Waals surface area contributed by atoms with Crippen molar-refractivity contribution in [3.05, 3.63) is 59.9 Å². The molecule has 0 fully saturated rings. The van der Waals surface area contributed by atoms with E-state index in [1.54, 1.807) is 19.2 Å². The number of nitrogens with zero attached hydrogens (tertiary/aromatic N) is 2. The molecule has 0 radical (unpaired) electrons. The molecule has 0 atom stereocenters. The number of benzene rings is 2. The van der Waals surface area contributed by atoms with Crippen LogP contribution >= 0.6 is 0 Å². The molecule has 0 unspecified atom stereocenters. The van der Waals surface area contributed by atoms with Crippen molar-refractivity contribution in [1.29, 1.82) is 0 Å². The molecule has 142 valence electrons. The van der Waals surface area contributed by atoms with Crippen molar-refractivity contribution < 1.29 is 9.53 Å². The number of para-hydroxylation sites is 2. The fourth-order valence-electron chi connectivity index (χ4n) is 3.24. The summed E-state index contributed by atoms with van der Waals surface area (Å²) < 4.78 is 7.48. The quantitative estimate of drug-likeness (QED) is 0.578. The van der Waals surface area contributed by atoms with Crippen molar-refractivity contribution >= 4 is 16.9 Å². The Morgan fingerprint density at radius 2 is 2.00 bits per heavy atom. The molecule has 0 bridgehead atoms. The Hall–Kier alpha value is -2.82. The molecule has 1 aromatic heterocycles. The van der Waals surface area contributed by atoms with E-state index >= 15 is 0 Å². The third kappa shape index (κ3) is 4.67. The average Bonchev–Trinajstić information content (AvgIpc) is 3.06. The highest BCUT2D eigenvalue weighted by atomic mass is 16.5. The van der Waals surface area contributed by atoms with E-state index in [2.05, 4.69) is 28.9 Å². The van der Waals surface area contributed by atoms with Crippen LogP contribution in [-0.4, -0.2) is 29.1 Å². The predicted octanol–water partition coefficient (Wildman–Crippen LogP) is 4.21. The van der Waals surface area contributed by atoms with Gasteiger partial charge in [0.1, 0.15) is 11.6 Å². The lowest BCUT2D eigenvalue weighted by Gasteiger charge is -2.10. The van der Waals surface area contributed by atoms with Crippen LogP contribution in [-0.2, 0) is 13.0 Å². The van der Waals surface area contributed by atoms with E-state index in [1.165, 1.54) is 18.4 Å². The van der Waals surface area contributed by atoms with Gasteiger partial charge in [0.15, 0.2) is 0 Å². The zero-order valence-corrected chi connectivity index (χ0v) is 16.1. The lowest BCUT2D eigenvalue weighted by molar-refractivity contribution is 0.0953. The first-order chi connectivity index (χ1) is 13.2. The molecule has 2 aromatic carbocycles. The van der Waals surface area contributed by atoms with Gasteiger partial charge in [-0.1, -0.05) is 38.0 Å². The molecule has 3 rings (SSSR count). The molecule has 0 aliphatic carbocycles. The van der Waals surface area contributed by atoms with E-state index in [0.717, 1.165) is 24.3 Å². The van der Waals surface area contributed by atoms with Gasteiger partial charge >= 0.3 is 0 Å². The largest absolute Gasteiger partial charge is 0.497 e. The minimum atomic E-state index is -0.0949. The van der Waals surface area contributed by atoms with Crippen molar-refractivity contribution in [1.82, 2.24) is 14.9 Å². The van der Waals surface area contributed by atoms with Gasteiger partial charge in [0.05, 0.1) is 18.1 Å². The number of methoxy groups -OCH3 is 1. The van der Waals surface area contributed by atoms with Crippen molar-refractivity contribution in [2.45, 2.75) is 39.2 Å². The maximum Gasteiger partial charge on any atom is 0.251 e. The fourth-order valence-corrected chi connectivity index (χ4v) is 3.24. The number of rotatable bonds is 9. The number of amides is 1. The molecule has 5 heteroatoms. The monoisotopic (exact) mass is 365 g/mol. The van der Waals surface area contributed by atoms with Crippen molar-refractivity contribution in [2.24, 2.45) is 0 Å². The highest BCUT2D eigenvalue weighted by molar-refractivity contribution is 5.94. The summed E-state index contributed by atoms with van der Waals surface area (Å²) in [6.07, 6.45) is 4.24. The summed E-state index contributed by atoms with van der Waals surface area (Å²) in [6, 6.07) is 15.4. The van der Waals surface area contributed by atoms with Gasteiger partial charge in [0.2, 0.25) is 0 Å². The molecule has 5 nitrogen and oxygen atoms in total. The number of nitrogens with one attached hydrogen (secondary N) is 1. The molecule has 0 saturated heterocycles. The van der Waals surface area contributed by atoms with Crippen molar-refractivity contribution in [2.75, 3.05) is 13.7 Å². The number of hydrogen-bond acceptors (Lipinski definition) is 3. The summed E-state index contributed by atoms with van der Waals surface area (Å²) in [5.41, 5.74) is 2.79. The molecule has 1 heterocycles. The van der Waals surface area contributed by atoms with Crippen LogP contribution in [0.15, 0.2) is 48.5 Å². The number of fused-ring (bicyclic) bond motifs is 1. The Kier molecular flexibility index (Phi) is 6.47. The van der Waals surface area contributed by atoms with Crippen LogP contribution < -0.4 is 10.1 Å². The van der Waals surface area contributed by atoms with Gasteiger partial charge in [-0.2, -0.15) is 0 Å². The SMILES string of the molecule is CCCCCn1c(CCNC(=O)c2cccc(OC)c2)nc2ccccc21. The second-order valence-corrected chi connectivity index (χ2v) is 6.61. The minimum absolute atomic E-state index is 0.0949. The summed E-state index contributed by atoms with van der Waals surface area (Å²) in [5, 5.41) is 2.99. The number of imidazole rings is 1. The first kappa shape index (κ1) is 19.0. The normalized spacial score (nSPS) is 10.9. The van der Waals surface area contributed by atoms with Gasteiger partial charge in [-0.15, -0.1) is 0 Å². The van der Waals surface area contributed by atoms with Gasteiger partial charge in [-0.3, -0.25) is 4.79 Å². The van der Waals surface area contributed by atoms with Crippen LogP contribution in [0.2, 0.25) is 0 Å². The van der Waals surface area contributed by atoms with Crippen LogP contribution in [0.5, 0.6) is 5.75 Å². The molecule has 0 aliphatic rings. The Bertz CT molecular complexity index is 901. The van der Waals surface area contributed by atoms with Gasteiger partial charge in [-0.05, 0) is 36.8 Å². The zero-order chi connectivity index (χ0) is 19.1. The number of hydrogen-bond donors (Lipinski definition) is 1. The number of aromatic nitrogens is 2. The number of ether oxygens (including phenoxy) is 1. The summed E-state index contributed by atoms with van der Waals surface area (Å²) in [5.74, 6) is 1.61. The maximum atomic E-state index is 12.4. The molecule has 0 saturated carbocycles. The predicted molar refractivity (Wildman–Crippen MR) is 108 cm³/mol. The Balaban J connectivity index is 1.67. The van der Waals surface area contributed by atoms with Gasteiger partial charge in [-0.25, -0.2) is 4.98 Å². The fraction of sp³-hybridized carbons (Fsp3) is 0.364. The average molecular weight is 365 g/mol. The van der Waals surface area contributed by atoms with Crippen molar-refractivity contribution in [3.63, 3.8) is 0 Å². The smallest absolute Gasteiger partial charge is 0.251 e.